The highest BCUT2D eigenvalue weighted by atomic mass is 19.1. The molecule has 0 radical (unpaired) electrons. The molecule has 158 valence electrons. The smallest absolute Gasteiger partial charge is 0.123 e. The van der Waals surface area contributed by atoms with E-state index in [0.29, 0.717) is 0 Å². The predicted molar refractivity (Wildman–Crippen MR) is 136 cm³/mol. The lowest BCUT2D eigenvalue weighted by Crippen LogP contribution is -1.92. The van der Waals surface area contributed by atoms with Crippen LogP contribution in [0.15, 0.2) is 121 Å². The van der Waals surface area contributed by atoms with Crippen LogP contribution < -0.4 is 5.32 Å². The highest BCUT2D eigenvalue weighted by Gasteiger charge is 2.12. The van der Waals surface area contributed by atoms with Crippen molar-refractivity contribution in [3.63, 3.8) is 0 Å². The monoisotopic (exact) mass is 428 g/mol. The summed E-state index contributed by atoms with van der Waals surface area (Å²) in [6.07, 6.45) is 0. The van der Waals surface area contributed by atoms with Crippen molar-refractivity contribution in [3.8, 4) is 16.8 Å². The van der Waals surface area contributed by atoms with Crippen LogP contribution in [-0.2, 0) is 0 Å². The Balaban J connectivity index is 1.40. The van der Waals surface area contributed by atoms with E-state index in [1.807, 2.05) is 6.07 Å². The lowest BCUT2D eigenvalue weighted by atomic mass is 10.0. The van der Waals surface area contributed by atoms with E-state index in [4.69, 9.17) is 0 Å². The molecule has 0 unspecified atom stereocenters. The van der Waals surface area contributed by atoms with Gasteiger partial charge in [0, 0.05) is 27.8 Å². The van der Waals surface area contributed by atoms with Gasteiger partial charge in [0.05, 0.1) is 11.0 Å². The molecule has 0 atom stereocenters. The fourth-order valence-electron chi connectivity index (χ4n) is 4.45. The summed E-state index contributed by atoms with van der Waals surface area (Å²) in [7, 11) is 0. The maximum absolute atomic E-state index is 13.1. The fourth-order valence-corrected chi connectivity index (χ4v) is 4.45. The van der Waals surface area contributed by atoms with Crippen LogP contribution in [0.25, 0.3) is 38.6 Å². The molecule has 1 aromatic heterocycles. The van der Waals surface area contributed by atoms with Gasteiger partial charge in [-0.25, -0.2) is 4.39 Å². The Morgan fingerprint density at radius 2 is 1.12 bits per heavy atom. The van der Waals surface area contributed by atoms with Crippen molar-refractivity contribution in [1.29, 1.82) is 0 Å². The molecule has 0 saturated carbocycles. The molecule has 0 saturated heterocycles. The first-order valence-electron chi connectivity index (χ1n) is 11.0. The number of hydrogen-bond acceptors (Lipinski definition) is 1. The van der Waals surface area contributed by atoms with Crippen molar-refractivity contribution >= 4 is 33.2 Å². The van der Waals surface area contributed by atoms with Crippen molar-refractivity contribution < 1.29 is 4.39 Å². The molecule has 1 heterocycles. The summed E-state index contributed by atoms with van der Waals surface area (Å²) >= 11 is 0. The van der Waals surface area contributed by atoms with E-state index >= 15 is 0 Å². The van der Waals surface area contributed by atoms with Crippen molar-refractivity contribution in [2.24, 2.45) is 0 Å². The second kappa shape index (κ2) is 7.95. The number of nitrogens with one attached hydrogen (secondary N) is 1. The molecule has 6 rings (SSSR count). The first kappa shape index (κ1) is 19.3. The highest BCUT2D eigenvalue weighted by Crippen LogP contribution is 2.35. The molecule has 0 aliphatic rings. The summed E-state index contributed by atoms with van der Waals surface area (Å²) in [5.74, 6) is -0.236. The maximum atomic E-state index is 13.1. The average molecular weight is 429 g/mol. The minimum absolute atomic E-state index is 0.236. The molecule has 6 aromatic rings. The number of rotatable bonds is 4. The zero-order valence-corrected chi connectivity index (χ0v) is 17.9. The number of hydrogen-bond donors (Lipinski definition) is 1. The van der Waals surface area contributed by atoms with E-state index in [1.54, 1.807) is 12.1 Å². The van der Waals surface area contributed by atoms with E-state index in [9.17, 15) is 4.39 Å². The summed E-state index contributed by atoms with van der Waals surface area (Å²) in [6, 6.07) is 40.4. The molecule has 0 fully saturated rings. The predicted octanol–water partition coefficient (Wildman–Crippen LogP) is 8.33. The maximum Gasteiger partial charge on any atom is 0.123 e. The Labute approximate surface area is 191 Å². The normalized spacial score (nSPS) is 11.2. The molecule has 2 nitrogen and oxygen atoms in total. The standard InChI is InChI=1S/C30H21FN2/c31-23-13-17-25(18-14-23)32-24-15-10-21(11-16-24)22-12-19-30-28(20-22)27-8-4-5-9-29(27)33(30)26-6-2-1-3-7-26/h1-20,32H. The van der Waals surface area contributed by atoms with Crippen LogP contribution in [0.1, 0.15) is 0 Å². The van der Waals surface area contributed by atoms with Gasteiger partial charge in [-0.05, 0) is 77.9 Å². The summed E-state index contributed by atoms with van der Waals surface area (Å²) in [5, 5.41) is 5.79. The highest BCUT2D eigenvalue weighted by molar-refractivity contribution is 6.10. The van der Waals surface area contributed by atoms with Crippen LogP contribution in [0.2, 0.25) is 0 Å². The molecule has 1 N–H and O–H groups in total. The first-order chi connectivity index (χ1) is 16.3. The van der Waals surface area contributed by atoms with Crippen LogP contribution in [0.5, 0.6) is 0 Å². The van der Waals surface area contributed by atoms with Gasteiger partial charge in [-0.3, -0.25) is 0 Å². The van der Waals surface area contributed by atoms with Crippen molar-refractivity contribution in [1.82, 2.24) is 4.57 Å². The van der Waals surface area contributed by atoms with Gasteiger partial charge in [0.2, 0.25) is 0 Å². The van der Waals surface area contributed by atoms with E-state index in [-0.39, 0.29) is 5.82 Å². The molecule has 0 amide bonds. The Bertz CT molecular complexity index is 1560. The Kier molecular flexibility index (Phi) is 4.66. The minimum Gasteiger partial charge on any atom is -0.356 e. The zero-order valence-electron chi connectivity index (χ0n) is 17.9. The van der Waals surface area contributed by atoms with Gasteiger partial charge in [0.15, 0.2) is 0 Å². The molecule has 0 spiro atoms. The minimum atomic E-state index is -0.236. The van der Waals surface area contributed by atoms with Crippen LogP contribution in [0.3, 0.4) is 0 Å². The molecule has 33 heavy (non-hydrogen) atoms. The zero-order chi connectivity index (χ0) is 22.2. The number of halogens is 1. The Morgan fingerprint density at radius 1 is 0.515 bits per heavy atom. The van der Waals surface area contributed by atoms with E-state index in [2.05, 4.69) is 101 Å². The summed E-state index contributed by atoms with van der Waals surface area (Å²) in [6.45, 7) is 0. The molecule has 0 bridgehead atoms. The molecule has 3 heteroatoms. The molecule has 0 aliphatic heterocycles. The number of aromatic nitrogens is 1. The van der Waals surface area contributed by atoms with Crippen LogP contribution in [-0.4, -0.2) is 4.57 Å². The third kappa shape index (κ3) is 3.54. The number of anilines is 2. The van der Waals surface area contributed by atoms with Gasteiger partial charge in [-0.15, -0.1) is 0 Å². The number of nitrogens with zero attached hydrogens (tertiary/aromatic N) is 1. The number of fused-ring (bicyclic) bond motifs is 3. The van der Waals surface area contributed by atoms with Gasteiger partial charge >= 0.3 is 0 Å². The van der Waals surface area contributed by atoms with Gasteiger partial charge in [0.25, 0.3) is 0 Å². The number of benzene rings is 5. The molecule has 0 aliphatic carbocycles. The summed E-state index contributed by atoms with van der Waals surface area (Å²) in [4.78, 5) is 0. The van der Waals surface area contributed by atoms with Crippen molar-refractivity contribution in [2.75, 3.05) is 5.32 Å². The van der Waals surface area contributed by atoms with Gasteiger partial charge < -0.3 is 9.88 Å². The molecular weight excluding hydrogens is 407 g/mol. The first-order valence-corrected chi connectivity index (χ1v) is 11.0. The molecular formula is C30H21FN2. The Hall–Kier alpha value is -4.37. The van der Waals surface area contributed by atoms with Crippen LogP contribution >= 0.6 is 0 Å². The second-order valence-electron chi connectivity index (χ2n) is 8.13. The van der Waals surface area contributed by atoms with Gasteiger partial charge in [-0.1, -0.05) is 54.6 Å². The summed E-state index contributed by atoms with van der Waals surface area (Å²) < 4.78 is 15.5. The van der Waals surface area contributed by atoms with E-state index in [1.165, 1.54) is 39.5 Å². The van der Waals surface area contributed by atoms with Gasteiger partial charge in [0.1, 0.15) is 5.82 Å². The van der Waals surface area contributed by atoms with Gasteiger partial charge in [-0.2, -0.15) is 0 Å². The van der Waals surface area contributed by atoms with E-state index < -0.39 is 0 Å². The van der Waals surface area contributed by atoms with Crippen LogP contribution in [0, 0.1) is 5.82 Å². The SMILES string of the molecule is Fc1ccc(Nc2ccc(-c3ccc4c(c3)c3ccccc3n4-c3ccccc3)cc2)cc1. The lowest BCUT2D eigenvalue weighted by Gasteiger charge is -2.09. The fraction of sp³-hybridized carbons (Fsp3) is 0. The average Bonchev–Trinajstić information content (AvgIpc) is 3.20. The van der Waals surface area contributed by atoms with Crippen molar-refractivity contribution in [2.45, 2.75) is 0 Å². The number of para-hydroxylation sites is 2. The van der Waals surface area contributed by atoms with E-state index in [0.717, 1.165) is 22.6 Å². The third-order valence-corrected chi connectivity index (χ3v) is 6.04. The lowest BCUT2D eigenvalue weighted by molar-refractivity contribution is 0.628. The topological polar surface area (TPSA) is 17.0 Å². The largest absolute Gasteiger partial charge is 0.356 e. The third-order valence-electron chi connectivity index (χ3n) is 6.04. The molecule has 5 aromatic carbocycles. The second-order valence-corrected chi connectivity index (χ2v) is 8.13. The summed E-state index contributed by atoms with van der Waals surface area (Å²) in [5.41, 5.74) is 7.71. The van der Waals surface area contributed by atoms with Crippen molar-refractivity contribution in [3.05, 3.63) is 127 Å². The Morgan fingerprint density at radius 3 is 1.88 bits per heavy atom. The quantitative estimate of drug-likeness (QED) is 0.299. The van der Waals surface area contributed by atoms with Crippen LogP contribution in [0.4, 0.5) is 15.8 Å².